The lowest BCUT2D eigenvalue weighted by atomic mass is 9.97. The molecule has 0 saturated carbocycles. The van der Waals surface area contributed by atoms with Crippen molar-refractivity contribution in [2.75, 3.05) is 14.1 Å². The molecule has 25 heavy (non-hydrogen) atoms. The number of benzene rings is 3. The average Bonchev–Trinajstić information content (AvgIpc) is 2.65. The molecule has 0 radical (unpaired) electrons. The smallest absolute Gasteiger partial charge is 0.181 e. The fourth-order valence-corrected chi connectivity index (χ4v) is 3.92. The summed E-state index contributed by atoms with van der Waals surface area (Å²) >= 11 is 6.88. The highest BCUT2D eigenvalue weighted by molar-refractivity contribution is 8.23. The Kier molecular flexibility index (Phi) is 5.51. The van der Waals surface area contributed by atoms with E-state index < -0.39 is 0 Å². The molecule has 0 aliphatic heterocycles. The molecule has 2 nitrogen and oxygen atoms in total. The van der Waals surface area contributed by atoms with Crippen LogP contribution in [0.5, 0.6) is 0 Å². The highest BCUT2D eigenvalue weighted by atomic mass is 32.2. The van der Waals surface area contributed by atoms with Gasteiger partial charge in [0.25, 0.3) is 0 Å². The lowest BCUT2D eigenvalue weighted by molar-refractivity contribution is 0.0991. The molecule has 0 spiro atoms. The predicted octanol–water partition coefficient (Wildman–Crippen LogP) is 5.34. The molecule has 1 unspecified atom stereocenters. The fraction of sp³-hybridized carbons (Fsp3) is 0.143. The van der Waals surface area contributed by atoms with Gasteiger partial charge < -0.3 is 4.90 Å². The van der Waals surface area contributed by atoms with Crippen molar-refractivity contribution in [3.05, 3.63) is 83.9 Å². The highest BCUT2D eigenvalue weighted by Gasteiger charge is 2.26. The second-order valence-electron chi connectivity index (χ2n) is 5.96. The zero-order valence-corrected chi connectivity index (χ0v) is 15.8. The Labute approximate surface area is 157 Å². The lowest BCUT2D eigenvalue weighted by Crippen LogP contribution is -2.20. The summed E-state index contributed by atoms with van der Waals surface area (Å²) in [6.07, 6.45) is 0. The normalized spacial score (nSPS) is 11.9. The van der Waals surface area contributed by atoms with Crippen LogP contribution < -0.4 is 0 Å². The first kappa shape index (κ1) is 17.6. The highest BCUT2D eigenvalue weighted by Crippen LogP contribution is 2.35. The van der Waals surface area contributed by atoms with E-state index in [1.165, 1.54) is 11.8 Å². The van der Waals surface area contributed by atoms with Crippen LogP contribution in [0.15, 0.2) is 72.8 Å². The van der Waals surface area contributed by atoms with Crippen LogP contribution in [-0.4, -0.2) is 29.1 Å². The predicted molar refractivity (Wildman–Crippen MR) is 111 cm³/mol. The minimum Gasteiger partial charge on any atom is -0.364 e. The number of carbonyl (C=O) groups excluding carboxylic acids is 1. The molecule has 0 aliphatic carbocycles. The van der Waals surface area contributed by atoms with Gasteiger partial charge in [0.2, 0.25) is 0 Å². The Hall–Kier alpha value is -2.17. The van der Waals surface area contributed by atoms with Crippen LogP contribution in [0.4, 0.5) is 0 Å². The summed E-state index contributed by atoms with van der Waals surface area (Å²) in [4.78, 5) is 15.3. The van der Waals surface area contributed by atoms with Gasteiger partial charge in [0.1, 0.15) is 4.32 Å². The third-order valence-electron chi connectivity index (χ3n) is 3.98. The summed E-state index contributed by atoms with van der Waals surface area (Å²) in [5.74, 6) is 0.0807. The number of nitrogens with zero attached hydrogens (tertiary/aromatic N) is 1. The molecule has 1 atom stereocenters. The quantitative estimate of drug-likeness (QED) is 0.459. The van der Waals surface area contributed by atoms with E-state index in [-0.39, 0.29) is 11.0 Å². The largest absolute Gasteiger partial charge is 0.364 e. The third-order valence-corrected chi connectivity index (χ3v) is 5.92. The van der Waals surface area contributed by atoms with E-state index in [1.54, 1.807) is 0 Å². The van der Waals surface area contributed by atoms with Gasteiger partial charge in [-0.2, -0.15) is 0 Å². The summed E-state index contributed by atoms with van der Waals surface area (Å²) in [7, 11) is 3.81. The molecule has 0 amide bonds. The van der Waals surface area contributed by atoms with E-state index in [0.717, 1.165) is 21.9 Å². The molecule has 3 rings (SSSR count). The summed E-state index contributed by atoms with van der Waals surface area (Å²) in [5.41, 5.74) is 1.70. The van der Waals surface area contributed by atoms with Gasteiger partial charge in [-0.1, -0.05) is 96.8 Å². The Morgan fingerprint density at radius 1 is 0.920 bits per heavy atom. The monoisotopic (exact) mass is 365 g/mol. The van der Waals surface area contributed by atoms with Crippen LogP contribution in [0, 0.1) is 0 Å². The van der Waals surface area contributed by atoms with Crippen molar-refractivity contribution in [2.24, 2.45) is 0 Å². The summed E-state index contributed by atoms with van der Waals surface area (Å²) in [5, 5.41) is 1.69. The van der Waals surface area contributed by atoms with Crippen LogP contribution in [0.25, 0.3) is 10.8 Å². The van der Waals surface area contributed by atoms with Gasteiger partial charge in [-0.25, -0.2) is 0 Å². The summed E-state index contributed by atoms with van der Waals surface area (Å²) in [6, 6.07) is 23.7. The second kappa shape index (κ2) is 7.81. The van der Waals surface area contributed by atoms with Gasteiger partial charge in [-0.05, 0) is 16.3 Å². The zero-order chi connectivity index (χ0) is 17.8. The Balaban J connectivity index is 2.06. The van der Waals surface area contributed by atoms with Crippen molar-refractivity contribution in [1.29, 1.82) is 0 Å². The second-order valence-corrected chi connectivity index (χ2v) is 7.70. The molecule has 4 heteroatoms. The van der Waals surface area contributed by atoms with Gasteiger partial charge in [0.15, 0.2) is 5.78 Å². The minimum absolute atomic E-state index is 0.0807. The lowest BCUT2D eigenvalue weighted by Gasteiger charge is -2.20. The van der Waals surface area contributed by atoms with Gasteiger partial charge >= 0.3 is 0 Å². The number of ketones is 1. The zero-order valence-electron chi connectivity index (χ0n) is 14.2. The van der Waals surface area contributed by atoms with Crippen LogP contribution in [0.3, 0.4) is 0 Å². The van der Waals surface area contributed by atoms with Gasteiger partial charge in [0.05, 0.1) is 5.25 Å². The number of carbonyl (C=O) groups is 1. The van der Waals surface area contributed by atoms with E-state index in [2.05, 4.69) is 0 Å². The van der Waals surface area contributed by atoms with Crippen molar-refractivity contribution in [3.63, 3.8) is 0 Å². The molecule has 126 valence electrons. The number of Topliss-reactive ketones (excluding diaryl/α,β-unsaturated/α-hetero) is 1. The van der Waals surface area contributed by atoms with Crippen LogP contribution >= 0.6 is 24.0 Å². The molecular weight excluding hydrogens is 346 g/mol. The van der Waals surface area contributed by atoms with Gasteiger partial charge in [-0.15, -0.1) is 0 Å². The third kappa shape index (κ3) is 3.91. The molecule has 0 aliphatic rings. The van der Waals surface area contributed by atoms with E-state index in [4.69, 9.17) is 12.2 Å². The molecule has 0 bridgehead atoms. The topological polar surface area (TPSA) is 20.3 Å². The molecule has 0 saturated heterocycles. The van der Waals surface area contributed by atoms with Crippen molar-refractivity contribution >= 4 is 44.9 Å². The van der Waals surface area contributed by atoms with Crippen molar-refractivity contribution in [2.45, 2.75) is 5.25 Å². The molecular formula is C21H19NOS2. The molecule has 3 aromatic rings. The number of thiocarbonyl (C=S) groups is 1. The van der Waals surface area contributed by atoms with Gasteiger partial charge in [-0.3, -0.25) is 4.79 Å². The first-order valence-corrected chi connectivity index (χ1v) is 9.31. The van der Waals surface area contributed by atoms with Crippen molar-refractivity contribution < 1.29 is 4.79 Å². The number of fused-ring (bicyclic) bond motifs is 1. The minimum atomic E-state index is -0.359. The Morgan fingerprint density at radius 2 is 1.56 bits per heavy atom. The first-order chi connectivity index (χ1) is 12.1. The Bertz CT molecular complexity index is 901. The van der Waals surface area contributed by atoms with Crippen LogP contribution in [0.1, 0.15) is 21.2 Å². The summed E-state index contributed by atoms with van der Waals surface area (Å²) < 4.78 is 0.697. The van der Waals surface area contributed by atoms with Crippen molar-refractivity contribution in [1.82, 2.24) is 4.90 Å². The van der Waals surface area contributed by atoms with Crippen LogP contribution in [-0.2, 0) is 0 Å². The maximum atomic E-state index is 13.4. The van der Waals surface area contributed by atoms with E-state index in [1.807, 2.05) is 91.8 Å². The molecule has 0 heterocycles. The number of hydrogen-bond acceptors (Lipinski definition) is 3. The molecule has 0 N–H and O–H groups in total. The van der Waals surface area contributed by atoms with Crippen LogP contribution in [0.2, 0.25) is 0 Å². The van der Waals surface area contributed by atoms with Gasteiger partial charge in [0, 0.05) is 19.7 Å². The number of thioether (sulfide) groups is 1. The molecule has 3 aromatic carbocycles. The fourth-order valence-electron chi connectivity index (χ4n) is 2.69. The van der Waals surface area contributed by atoms with E-state index in [9.17, 15) is 4.79 Å². The number of rotatable bonds is 4. The maximum absolute atomic E-state index is 13.4. The maximum Gasteiger partial charge on any atom is 0.181 e. The average molecular weight is 366 g/mol. The SMILES string of the molecule is CN(C)C(=S)SC(C(=O)c1cccc2ccccc12)c1ccccc1. The van der Waals surface area contributed by atoms with E-state index >= 15 is 0 Å². The van der Waals surface area contributed by atoms with Crippen molar-refractivity contribution in [3.8, 4) is 0 Å². The number of hydrogen-bond donors (Lipinski definition) is 0. The Morgan fingerprint density at radius 3 is 2.28 bits per heavy atom. The standard InChI is InChI=1S/C21H19NOS2/c1-22(2)21(24)25-20(16-10-4-3-5-11-16)19(23)18-14-8-12-15-9-6-7-13-17(15)18/h3-14,20H,1-2H3. The molecule has 0 aromatic heterocycles. The molecule has 0 fully saturated rings. The summed E-state index contributed by atoms with van der Waals surface area (Å²) in [6.45, 7) is 0. The van der Waals surface area contributed by atoms with E-state index in [0.29, 0.717) is 4.32 Å². The first-order valence-electron chi connectivity index (χ1n) is 8.03.